The lowest BCUT2D eigenvalue weighted by atomic mass is 10.2. The summed E-state index contributed by atoms with van der Waals surface area (Å²) in [4.78, 5) is 30.4. The number of nitrogens with one attached hydrogen (secondary N) is 2. The number of aromatic nitrogens is 2. The summed E-state index contributed by atoms with van der Waals surface area (Å²) >= 11 is 1.13. The van der Waals surface area contributed by atoms with Crippen molar-refractivity contribution in [2.24, 2.45) is 0 Å². The molecule has 11 heteroatoms. The van der Waals surface area contributed by atoms with E-state index in [9.17, 15) is 18.0 Å². The number of carbonyl (C=O) groups is 1. The number of anilines is 1. The maximum absolute atomic E-state index is 13.1. The second-order valence-electron chi connectivity index (χ2n) is 7.42. The van der Waals surface area contributed by atoms with Crippen LogP contribution in [0.25, 0.3) is 10.9 Å². The van der Waals surface area contributed by atoms with Gasteiger partial charge in [0.2, 0.25) is 15.9 Å². The van der Waals surface area contributed by atoms with E-state index in [0.29, 0.717) is 33.9 Å². The molecule has 9 nitrogen and oxygen atoms in total. The van der Waals surface area contributed by atoms with E-state index in [1.54, 1.807) is 50.4 Å². The van der Waals surface area contributed by atoms with Crippen LogP contribution in [0.2, 0.25) is 0 Å². The summed E-state index contributed by atoms with van der Waals surface area (Å²) in [6.45, 7) is 3.84. The van der Waals surface area contributed by atoms with Crippen LogP contribution in [0, 0.1) is 6.92 Å². The molecule has 0 aliphatic carbocycles. The lowest BCUT2D eigenvalue weighted by Crippen LogP contribution is -2.29. The minimum absolute atomic E-state index is 0.0214. The second kappa shape index (κ2) is 10.5. The van der Waals surface area contributed by atoms with E-state index in [0.717, 1.165) is 11.8 Å². The molecule has 0 spiro atoms. The summed E-state index contributed by atoms with van der Waals surface area (Å²) in [7, 11) is -0.768. The molecular formula is C22H26N4O5S2. The fourth-order valence-corrected chi connectivity index (χ4v) is 5.23. The zero-order valence-corrected chi connectivity index (χ0v) is 20.4. The predicted molar refractivity (Wildman–Crippen MR) is 129 cm³/mol. The molecule has 1 heterocycles. The highest BCUT2D eigenvalue weighted by atomic mass is 32.2. The third kappa shape index (κ3) is 5.61. The quantitative estimate of drug-likeness (QED) is 0.349. The number of thioether (sulfide) groups is 1. The van der Waals surface area contributed by atoms with Gasteiger partial charge in [0.05, 0.1) is 34.2 Å². The Morgan fingerprint density at radius 3 is 2.67 bits per heavy atom. The van der Waals surface area contributed by atoms with Gasteiger partial charge in [-0.1, -0.05) is 30.0 Å². The van der Waals surface area contributed by atoms with Gasteiger partial charge in [-0.15, -0.1) is 0 Å². The largest absolute Gasteiger partial charge is 0.383 e. The molecule has 1 aromatic heterocycles. The first-order valence-corrected chi connectivity index (χ1v) is 12.6. The van der Waals surface area contributed by atoms with Gasteiger partial charge < -0.3 is 10.1 Å². The SMILES string of the molecule is CNS(=O)(=O)c1cc(NC(=O)CSc2nc3ccccc3c(=O)n2[C@@H](C)COC)ccc1C. The number of amides is 1. The standard InChI is InChI=1S/C22H26N4O5S2/c1-14-9-10-16(11-19(14)33(29,30)23-3)24-20(27)13-32-22-25-18-8-6-5-7-17(18)21(28)26(22)15(2)12-31-4/h5-11,15,23H,12-13H2,1-4H3,(H,24,27)/t15-/m0/s1. The van der Waals surface area contributed by atoms with Crippen molar-refractivity contribution >= 4 is 44.3 Å². The Bertz CT molecular complexity index is 1340. The molecule has 0 bridgehead atoms. The molecule has 0 aliphatic rings. The molecule has 0 saturated carbocycles. The van der Waals surface area contributed by atoms with Gasteiger partial charge in [-0.05, 0) is 50.7 Å². The summed E-state index contributed by atoms with van der Waals surface area (Å²) < 4.78 is 33.4. The zero-order valence-electron chi connectivity index (χ0n) is 18.8. The normalized spacial score (nSPS) is 12.6. The average Bonchev–Trinajstić information content (AvgIpc) is 2.79. The average molecular weight is 491 g/mol. The fraction of sp³-hybridized carbons (Fsp3) is 0.318. The maximum Gasteiger partial charge on any atom is 0.262 e. The number of fused-ring (bicyclic) bond motifs is 1. The van der Waals surface area contributed by atoms with Crippen molar-refractivity contribution in [1.82, 2.24) is 14.3 Å². The van der Waals surface area contributed by atoms with Crippen LogP contribution < -0.4 is 15.6 Å². The van der Waals surface area contributed by atoms with Gasteiger partial charge >= 0.3 is 0 Å². The Hall–Kier alpha value is -2.73. The van der Waals surface area contributed by atoms with Crippen molar-refractivity contribution in [3.05, 3.63) is 58.4 Å². The van der Waals surface area contributed by atoms with Gasteiger partial charge in [0, 0.05) is 12.8 Å². The molecular weight excluding hydrogens is 464 g/mol. The Morgan fingerprint density at radius 2 is 1.97 bits per heavy atom. The van der Waals surface area contributed by atoms with Crippen LogP contribution in [0.5, 0.6) is 0 Å². The molecule has 0 saturated heterocycles. The van der Waals surface area contributed by atoms with Gasteiger partial charge in [0.15, 0.2) is 5.16 Å². The Kier molecular flexibility index (Phi) is 7.90. The Labute approximate surface area is 196 Å². The van der Waals surface area contributed by atoms with Crippen LogP contribution in [0.3, 0.4) is 0 Å². The minimum atomic E-state index is -3.66. The molecule has 1 atom stereocenters. The van der Waals surface area contributed by atoms with Crippen LogP contribution in [0.4, 0.5) is 5.69 Å². The zero-order chi connectivity index (χ0) is 24.2. The minimum Gasteiger partial charge on any atom is -0.383 e. The highest BCUT2D eigenvalue weighted by Crippen LogP contribution is 2.23. The van der Waals surface area contributed by atoms with E-state index in [1.165, 1.54) is 17.7 Å². The first-order chi connectivity index (χ1) is 15.7. The first kappa shape index (κ1) is 24.9. The molecule has 0 fully saturated rings. The molecule has 176 valence electrons. The number of hydrogen-bond acceptors (Lipinski definition) is 7. The Balaban J connectivity index is 1.84. The van der Waals surface area contributed by atoms with Crippen molar-refractivity contribution in [3.8, 4) is 0 Å². The lowest BCUT2D eigenvalue weighted by Gasteiger charge is -2.18. The van der Waals surface area contributed by atoms with Gasteiger partial charge in [0.25, 0.3) is 5.56 Å². The smallest absolute Gasteiger partial charge is 0.262 e. The molecule has 2 aromatic carbocycles. The van der Waals surface area contributed by atoms with Crippen LogP contribution in [-0.4, -0.2) is 50.4 Å². The first-order valence-electron chi connectivity index (χ1n) is 10.1. The molecule has 3 rings (SSSR count). The van der Waals surface area contributed by atoms with E-state index < -0.39 is 10.0 Å². The summed E-state index contributed by atoms with van der Waals surface area (Å²) in [5.74, 6) is -0.378. The molecule has 0 unspecified atom stereocenters. The van der Waals surface area contributed by atoms with Gasteiger partial charge in [-0.25, -0.2) is 18.1 Å². The van der Waals surface area contributed by atoms with Crippen molar-refractivity contribution < 1.29 is 17.9 Å². The number of sulfonamides is 1. The van der Waals surface area contributed by atoms with E-state index in [2.05, 4.69) is 15.0 Å². The molecule has 0 aliphatic heterocycles. The van der Waals surface area contributed by atoms with Gasteiger partial charge in [-0.3, -0.25) is 14.2 Å². The van der Waals surface area contributed by atoms with E-state index >= 15 is 0 Å². The van der Waals surface area contributed by atoms with E-state index in [4.69, 9.17) is 4.74 Å². The third-order valence-corrected chi connectivity index (χ3v) is 7.50. The number of nitrogens with zero attached hydrogens (tertiary/aromatic N) is 2. The van der Waals surface area contributed by atoms with Crippen LogP contribution in [0.1, 0.15) is 18.5 Å². The number of para-hydroxylation sites is 1. The Morgan fingerprint density at radius 1 is 1.24 bits per heavy atom. The number of carbonyl (C=O) groups excluding carboxylic acids is 1. The number of methoxy groups -OCH3 is 1. The number of rotatable bonds is 9. The lowest BCUT2D eigenvalue weighted by molar-refractivity contribution is -0.113. The van der Waals surface area contributed by atoms with Crippen LogP contribution in [-0.2, 0) is 19.6 Å². The van der Waals surface area contributed by atoms with Crippen molar-refractivity contribution in [2.75, 3.05) is 31.8 Å². The summed E-state index contributed by atoms with van der Waals surface area (Å²) in [5, 5.41) is 3.61. The highest BCUT2D eigenvalue weighted by molar-refractivity contribution is 7.99. The predicted octanol–water partition coefficient (Wildman–Crippen LogP) is 2.55. The summed E-state index contributed by atoms with van der Waals surface area (Å²) in [6.07, 6.45) is 0. The topological polar surface area (TPSA) is 119 Å². The summed E-state index contributed by atoms with van der Waals surface area (Å²) in [5.41, 5.74) is 1.27. The molecule has 33 heavy (non-hydrogen) atoms. The summed E-state index contributed by atoms with van der Waals surface area (Å²) in [6, 6.07) is 11.4. The monoisotopic (exact) mass is 490 g/mol. The van der Waals surface area contributed by atoms with Crippen LogP contribution in [0.15, 0.2) is 57.3 Å². The molecule has 0 radical (unpaired) electrons. The van der Waals surface area contributed by atoms with E-state index in [-0.39, 0.29) is 28.2 Å². The molecule has 1 amide bonds. The number of benzene rings is 2. The third-order valence-electron chi connectivity index (χ3n) is 4.99. The maximum atomic E-state index is 13.1. The number of aryl methyl sites for hydroxylation is 1. The van der Waals surface area contributed by atoms with Crippen molar-refractivity contribution in [2.45, 2.75) is 29.9 Å². The second-order valence-corrected chi connectivity index (χ2v) is 10.2. The van der Waals surface area contributed by atoms with Gasteiger partial charge in [-0.2, -0.15) is 0 Å². The van der Waals surface area contributed by atoms with Crippen LogP contribution >= 0.6 is 11.8 Å². The fourth-order valence-electron chi connectivity index (χ4n) is 3.34. The van der Waals surface area contributed by atoms with Crippen molar-refractivity contribution in [1.29, 1.82) is 0 Å². The molecule has 2 N–H and O–H groups in total. The van der Waals surface area contributed by atoms with Crippen molar-refractivity contribution in [3.63, 3.8) is 0 Å². The highest BCUT2D eigenvalue weighted by Gasteiger charge is 2.19. The number of ether oxygens (including phenoxy) is 1. The van der Waals surface area contributed by atoms with Gasteiger partial charge in [0.1, 0.15) is 0 Å². The number of hydrogen-bond donors (Lipinski definition) is 2. The molecule has 3 aromatic rings. The van der Waals surface area contributed by atoms with E-state index in [1.807, 2.05) is 6.92 Å².